The molecule has 0 saturated carbocycles. The van der Waals surface area contributed by atoms with Gasteiger partial charge in [-0.05, 0) is 119 Å². The molecule has 8 rings (SSSR count). The van der Waals surface area contributed by atoms with Crippen molar-refractivity contribution in [3.8, 4) is 31.7 Å². The van der Waals surface area contributed by atoms with E-state index in [4.69, 9.17) is 4.42 Å². The molecular formula is C43H37F3N8O5S3. The Kier molecular flexibility index (Phi) is 13.7. The molecule has 19 heteroatoms. The van der Waals surface area contributed by atoms with E-state index in [0.717, 1.165) is 37.4 Å². The number of carbonyl (C=O) groups excluding carboxylic acids is 2. The molecule has 13 nitrogen and oxygen atoms in total. The normalized spacial score (nSPS) is 11.4. The standard InChI is InChI=1S/C16H15FN4OS.C14H11FN2O3S.C13H11FN2OS/c1-16(2,20-15(22)21-8-7-18-10-21)13-9-23-14(19-13)11-3-5-12(17)6-4-11;1-14(2,12-17-20-13(18)19-12)10-7-21-11(16-10)8-3-5-9(15)6-4-8;1-13(2,15-8-17)11-7-18-12(16-11)9-3-5-10(14)6-4-9/h3-10H,1-2H3,(H,20,22);3-7H,1-2H3;3-7H,1-2H3. The summed E-state index contributed by atoms with van der Waals surface area (Å²) in [7, 11) is 0. The lowest BCUT2D eigenvalue weighted by atomic mass is 9.90. The largest absolute Gasteiger partial charge is 0.542 e. The van der Waals surface area contributed by atoms with Crippen LogP contribution in [0.4, 0.5) is 18.0 Å². The van der Waals surface area contributed by atoms with Crippen molar-refractivity contribution in [2.75, 3.05) is 0 Å². The van der Waals surface area contributed by atoms with E-state index in [1.807, 2.05) is 43.8 Å². The van der Waals surface area contributed by atoms with Crippen LogP contribution in [0, 0.1) is 17.5 Å². The van der Waals surface area contributed by atoms with Crippen LogP contribution in [0.25, 0.3) is 31.7 Å². The molecule has 5 heterocycles. The summed E-state index contributed by atoms with van der Waals surface area (Å²) in [6.45, 7) is 11.0. The number of hydrogen-bond acceptors (Lipinski definition) is 14. The highest BCUT2D eigenvalue weighted by molar-refractivity contribution is 7.13. The first-order chi connectivity index (χ1) is 29.4. The number of halogens is 3. The first-order valence-corrected chi connectivity index (χ1v) is 21.1. The summed E-state index contributed by atoms with van der Waals surface area (Å²) < 4.78 is 49.5. The van der Waals surface area contributed by atoms with Crippen molar-refractivity contribution in [2.45, 2.75) is 58.0 Å². The van der Waals surface area contributed by atoms with Crippen LogP contribution < -0.4 is 11.1 Å². The maximum atomic E-state index is 13.0. The zero-order valence-corrected chi connectivity index (χ0v) is 36.4. The highest BCUT2D eigenvalue weighted by Gasteiger charge is 2.33. The van der Waals surface area contributed by atoms with Gasteiger partial charge < -0.3 is 9.73 Å². The Morgan fingerprint density at radius 2 is 1.16 bits per heavy atom. The van der Waals surface area contributed by atoms with Gasteiger partial charge in [0.1, 0.15) is 44.3 Å². The van der Waals surface area contributed by atoms with E-state index >= 15 is 0 Å². The smallest absolute Gasteiger partial charge is 0.374 e. The lowest BCUT2D eigenvalue weighted by Gasteiger charge is -2.24. The molecule has 8 aromatic rings. The fourth-order valence-electron chi connectivity index (χ4n) is 5.34. The molecule has 0 unspecified atom stereocenters. The molecule has 3 aromatic carbocycles. The number of thiazole rings is 3. The van der Waals surface area contributed by atoms with Gasteiger partial charge in [0.2, 0.25) is 6.08 Å². The van der Waals surface area contributed by atoms with Crippen LogP contribution in [0.15, 0.2) is 126 Å². The number of imidazole rings is 1. The Bertz CT molecular complexity index is 2840. The van der Waals surface area contributed by atoms with Gasteiger partial charge in [-0.15, -0.1) is 34.0 Å². The van der Waals surface area contributed by atoms with Gasteiger partial charge in [0, 0.05) is 45.2 Å². The highest BCUT2D eigenvalue weighted by atomic mass is 32.1. The first-order valence-electron chi connectivity index (χ1n) is 18.5. The maximum absolute atomic E-state index is 13.0. The van der Waals surface area contributed by atoms with Gasteiger partial charge >= 0.3 is 11.9 Å². The van der Waals surface area contributed by atoms with Crippen molar-refractivity contribution >= 4 is 46.1 Å². The molecule has 5 aromatic heterocycles. The van der Waals surface area contributed by atoms with Crippen molar-refractivity contribution in [1.29, 1.82) is 0 Å². The average molecular weight is 899 g/mol. The van der Waals surface area contributed by atoms with Crippen molar-refractivity contribution in [3.63, 3.8) is 0 Å². The summed E-state index contributed by atoms with van der Waals surface area (Å²) in [5.41, 5.74) is 2.64. The van der Waals surface area contributed by atoms with Crippen LogP contribution in [0.3, 0.4) is 0 Å². The van der Waals surface area contributed by atoms with Crippen molar-refractivity contribution in [1.82, 2.24) is 35.0 Å². The number of nitrogens with zero attached hydrogens (tertiary/aromatic N) is 7. The molecule has 0 aliphatic rings. The summed E-state index contributed by atoms with van der Waals surface area (Å²) in [6, 6.07) is 18.2. The second kappa shape index (κ2) is 18.9. The fourth-order valence-corrected chi connectivity index (χ4v) is 8.32. The predicted molar refractivity (Wildman–Crippen MR) is 230 cm³/mol. The summed E-state index contributed by atoms with van der Waals surface area (Å²) in [6.07, 6.45) is 6.12. The monoisotopic (exact) mass is 898 g/mol. The number of benzene rings is 3. The molecule has 0 atom stereocenters. The van der Waals surface area contributed by atoms with Gasteiger partial charge in [0.25, 0.3) is 5.89 Å². The van der Waals surface area contributed by atoms with Crippen LogP contribution in [0.5, 0.6) is 0 Å². The number of nitrogens with one attached hydrogen (secondary N) is 1. The Morgan fingerprint density at radius 1 is 0.710 bits per heavy atom. The third-order valence-corrected chi connectivity index (χ3v) is 11.8. The molecule has 1 amide bonds. The van der Waals surface area contributed by atoms with E-state index in [9.17, 15) is 27.6 Å². The zero-order chi connectivity index (χ0) is 44.7. The summed E-state index contributed by atoms with van der Waals surface area (Å²) in [5.74, 6) is -1.52. The van der Waals surface area contributed by atoms with E-state index in [0.29, 0.717) is 11.4 Å². The van der Waals surface area contributed by atoms with Gasteiger partial charge in [-0.2, -0.15) is 4.99 Å². The summed E-state index contributed by atoms with van der Waals surface area (Å²) in [4.78, 5) is 54.6. The third kappa shape index (κ3) is 11.0. The van der Waals surface area contributed by atoms with Crippen molar-refractivity contribution in [3.05, 3.63) is 159 Å². The second-order valence-corrected chi connectivity index (χ2v) is 17.5. The quantitative estimate of drug-likeness (QED) is 0.109. The molecular weight excluding hydrogens is 862 g/mol. The van der Waals surface area contributed by atoms with E-state index in [1.54, 1.807) is 68.7 Å². The molecule has 0 saturated heterocycles. The maximum Gasteiger partial charge on any atom is 0.542 e. The minimum atomic E-state index is -0.841. The van der Waals surface area contributed by atoms with Crippen LogP contribution in [-0.2, 0) is 21.3 Å². The van der Waals surface area contributed by atoms with E-state index in [2.05, 4.69) is 39.9 Å². The van der Waals surface area contributed by atoms with Gasteiger partial charge in [-0.1, -0.05) is 0 Å². The average Bonchev–Trinajstić information content (AvgIpc) is 4.09. The summed E-state index contributed by atoms with van der Waals surface area (Å²) in [5, 5.41) is 14.4. The number of aliphatic imine (C=N–C) groups is 1. The lowest BCUT2D eigenvalue weighted by Crippen LogP contribution is -2.43. The first kappa shape index (κ1) is 44.9. The van der Waals surface area contributed by atoms with Gasteiger partial charge in [0.05, 0.1) is 28.0 Å². The molecule has 0 aliphatic heterocycles. The molecule has 1 N–H and O–H groups in total. The Balaban J connectivity index is 0.000000156. The third-order valence-electron chi connectivity index (χ3n) is 9.09. The Morgan fingerprint density at radius 3 is 1.60 bits per heavy atom. The van der Waals surface area contributed by atoms with Crippen molar-refractivity contribution in [2.24, 2.45) is 4.99 Å². The van der Waals surface area contributed by atoms with Crippen molar-refractivity contribution < 1.29 is 31.7 Å². The number of amides is 1. The van der Waals surface area contributed by atoms with E-state index < -0.39 is 22.3 Å². The Labute approximate surface area is 364 Å². The molecule has 62 heavy (non-hydrogen) atoms. The molecule has 0 spiro atoms. The fraction of sp³-hybridized carbons (Fsp3) is 0.209. The summed E-state index contributed by atoms with van der Waals surface area (Å²) >= 11 is 4.32. The predicted octanol–water partition coefficient (Wildman–Crippen LogP) is 10.4. The van der Waals surface area contributed by atoms with Crippen LogP contribution >= 0.6 is 34.0 Å². The van der Waals surface area contributed by atoms with E-state index in [-0.39, 0.29) is 29.4 Å². The molecule has 0 fully saturated rings. The SMILES string of the molecule is CC(C)(N=C=O)c1csc(-c2ccc(F)cc2)n1.CC(C)(NC(=O)n1ccnc1)c1csc(-c2ccc(F)cc2)n1.CC(C)(c1csc(-c2ccc(F)cc2)n1)c1noc(=O)o1. The molecule has 0 radical (unpaired) electrons. The highest BCUT2D eigenvalue weighted by Crippen LogP contribution is 2.34. The van der Waals surface area contributed by atoms with Gasteiger partial charge in [-0.3, -0.25) is 9.09 Å². The van der Waals surface area contributed by atoms with Crippen LogP contribution in [0.1, 0.15) is 64.5 Å². The van der Waals surface area contributed by atoms with Gasteiger partial charge in [-0.25, -0.2) is 47.5 Å². The second-order valence-electron chi connectivity index (χ2n) is 14.9. The molecule has 0 aliphatic carbocycles. The topological polar surface area (TPSA) is 171 Å². The number of isocyanates is 1. The van der Waals surface area contributed by atoms with E-state index in [1.165, 1.54) is 81.3 Å². The van der Waals surface area contributed by atoms with Gasteiger partial charge in [0.15, 0.2) is 0 Å². The number of carbonyl (C=O) groups is 1. The number of rotatable bonds is 9. The number of aromatic nitrogens is 6. The zero-order valence-electron chi connectivity index (χ0n) is 33.9. The minimum absolute atomic E-state index is 0.170. The minimum Gasteiger partial charge on any atom is -0.374 e. The Hall–Kier alpha value is -6.66. The number of hydrogen-bond donors (Lipinski definition) is 1. The molecule has 0 bridgehead atoms. The molecule has 318 valence electrons. The van der Waals surface area contributed by atoms with Crippen LogP contribution in [0.2, 0.25) is 0 Å². The van der Waals surface area contributed by atoms with Crippen LogP contribution in [-0.4, -0.2) is 41.8 Å². The lowest BCUT2D eigenvalue weighted by molar-refractivity contribution is 0.231.